The van der Waals surface area contributed by atoms with E-state index in [1.54, 1.807) is 37.3 Å². The van der Waals surface area contributed by atoms with Gasteiger partial charge < -0.3 is 105 Å². The highest BCUT2D eigenvalue weighted by Crippen LogP contribution is 2.28. The normalized spacial score (nSPS) is 24.1. The van der Waals surface area contributed by atoms with Crippen LogP contribution < -0.4 is 65.1 Å². The molecule has 698 valence electrons. The molecule has 3 aliphatic rings. The molecule has 15 amide bonds. The maximum Gasteiger partial charge on any atom is 0.305 e. The number of carbonyl (C=O) groups excluding carboxylic acids is 15. The molecule has 0 aromatic heterocycles. The number of nitrogens with one attached hydrogen (secondary N) is 9. The molecule has 3 aliphatic heterocycles. The smallest absolute Gasteiger partial charge is 0.305 e. The van der Waals surface area contributed by atoms with Crippen molar-refractivity contribution in [3.05, 3.63) is 137 Å². The Labute approximate surface area is 741 Å². The summed E-state index contributed by atoms with van der Waals surface area (Å²) in [5.74, 6) is -27.1. The van der Waals surface area contributed by atoms with Crippen molar-refractivity contribution in [2.45, 2.75) is 215 Å². The molecule has 0 unspecified atom stereocenters. The number of hydrogen-bond donors (Lipinski definition) is 15. The number of aliphatic carboxylic acids is 2. The zero-order valence-corrected chi connectivity index (χ0v) is 72.9. The van der Waals surface area contributed by atoms with E-state index in [9.17, 15) is 76.8 Å². The maximum absolute atomic E-state index is 15.6. The van der Waals surface area contributed by atoms with Gasteiger partial charge >= 0.3 is 11.9 Å². The summed E-state index contributed by atoms with van der Waals surface area (Å²) in [6, 6.07) is -2.40. The van der Waals surface area contributed by atoms with Crippen LogP contribution in [0, 0.1) is 29.2 Å². The fraction of sp³-hybridized carbons (Fsp3) is 0.523. The standard InChI is InChI=1S/C86H115F4N17O20S/c1-7-8-19-65-85(126)107-36-15-21-64(107)80(121)100-60(43-71(113)114)78(119)102-73(47(2)3)86(127)104(5)66(41-48-16-10-9-11-17-48)81(122)98-58(32-34-92)83(124)106-35-13-12-20-63(106)79(120)97-57(30-31-70(111)112)76(117)99-59(39-49-24-28-53(108)29-25-49)77(118)96-56(18-14-33-91)75(116)101-62(74(115)94-44-68(93)109)45-128-46-69(110)95-61(40-51-37-54(88)72(90)55(89)38-51)82(123)105(6)67(84(125)103(65)4)42-50-22-26-52(87)27-23-50/h9-11,16-17,22-29,37-38,47,56-67,73,108H,7-8,12-15,18-21,30-36,39-46,91-92H2,1-6H3,(H2,93,109)(H,94,115)(H,95,110)(H,96,118)(H,97,120)(H,98,122)(H,99,117)(H,100,121)(H,101,116)(H,102,119)(H,111,112)(H,113,114)/t56-,57+,58-,59+,60-,61-,62-,63+,64+,65-,66-,67-,73+/m0/s1. The molecule has 18 N–H and O–H groups in total. The number of nitrogens with two attached hydrogens (primary N) is 3. The third kappa shape index (κ3) is 29.9. The molecule has 0 bridgehead atoms. The maximum atomic E-state index is 15.6. The van der Waals surface area contributed by atoms with E-state index >= 15 is 37.5 Å². The van der Waals surface area contributed by atoms with Crippen molar-refractivity contribution in [2.75, 3.05) is 65.4 Å². The Morgan fingerprint density at radius 3 is 1.63 bits per heavy atom. The molecule has 4 aromatic rings. The second-order valence-corrected chi connectivity index (χ2v) is 33.2. The van der Waals surface area contributed by atoms with Crippen LogP contribution in [-0.2, 0) is 107 Å². The molecular formula is C86H115F4N17O20S. The Morgan fingerprint density at radius 1 is 0.500 bits per heavy atom. The lowest BCUT2D eigenvalue weighted by Crippen LogP contribution is -2.63. The predicted octanol–water partition coefficient (Wildman–Crippen LogP) is -0.428. The van der Waals surface area contributed by atoms with Gasteiger partial charge in [0.05, 0.1) is 18.7 Å². The highest BCUT2D eigenvalue weighted by Gasteiger charge is 2.46. The largest absolute Gasteiger partial charge is 0.508 e. The number of unbranched alkanes of at least 4 members (excludes halogenated alkanes) is 1. The van der Waals surface area contributed by atoms with E-state index in [0.29, 0.717) is 48.7 Å². The first kappa shape index (κ1) is 103. The number of halogens is 4. The van der Waals surface area contributed by atoms with Crippen LogP contribution in [0.5, 0.6) is 5.75 Å². The molecule has 0 saturated carbocycles. The van der Waals surface area contributed by atoms with Gasteiger partial charge in [0, 0.05) is 72.1 Å². The van der Waals surface area contributed by atoms with Crippen LogP contribution >= 0.6 is 11.8 Å². The van der Waals surface area contributed by atoms with Crippen LogP contribution in [-0.4, -0.2) is 284 Å². The number of piperidine rings is 1. The Morgan fingerprint density at radius 2 is 1.02 bits per heavy atom. The van der Waals surface area contributed by atoms with Crippen molar-refractivity contribution in [3.8, 4) is 5.75 Å². The van der Waals surface area contributed by atoms with Gasteiger partial charge in [-0.05, 0) is 142 Å². The van der Waals surface area contributed by atoms with Crippen LogP contribution in [0.2, 0.25) is 0 Å². The van der Waals surface area contributed by atoms with Crippen LogP contribution in [0.25, 0.3) is 0 Å². The highest BCUT2D eigenvalue weighted by molar-refractivity contribution is 8.00. The van der Waals surface area contributed by atoms with Gasteiger partial charge in [0.25, 0.3) is 0 Å². The number of carboxylic acid groups (broad SMARTS) is 2. The van der Waals surface area contributed by atoms with Crippen LogP contribution in [0.4, 0.5) is 17.6 Å². The number of phenols is 1. The van der Waals surface area contributed by atoms with Gasteiger partial charge in [-0.2, -0.15) is 0 Å². The van der Waals surface area contributed by atoms with Crippen molar-refractivity contribution < 1.29 is 114 Å². The minimum Gasteiger partial charge on any atom is -0.508 e. The molecule has 13 atom stereocenters. The first-order chi connectivity index (χ1) is 60.7. The van der Waals surface area contributed by atoms with Crippen LogP contribution in [0.1, 0.15) is 133 Å². The second-order valence-electron chi connectivity index (χ2n) is 32.2. The van der Waals surface area contributed by atoms with Gasteiger partial charge in [-0.3, -0.25) is 81.5 Å². The zero-order valence-electron chi connectivity index (χ0n) is 72.1. The Kier molecular flexibility index (Phi) is 39.9. The first-order valence-corrected chi connectivity index (χ1v) is 43.4. The highest BCUT2D eigenvalue weighted by atomic mass is 32.2. The van der Waals surface area contributed by atoms with E-state index in [1.807, 2.05) is 0 Å². The lowest BCUT2D eigenvalue weighted by atomic mass is 9.97. The molecule has 0 spiro atoms. The van der Waals surface area contributed by atoms with Crippen LogP contribution in [0.15, 0.2) is 91.0 Å². The summed E-state index contributed by atoms with van der Waals surface area (Å²) in [6.45, 7) is 3.39. The van der Waals surface area contributed by atoms with Crippen molar-refractivity contribution in [1.82, 2.24) is 72.4 Å². The quantitative estimate of drug-likeness (QED) is 0.0296. The van der Waals surface area contributed by atoms with E-state index < -0.39 is 270 Å². The van der Waals surface area contributed by atoms with E-state index in [1.165, 1.54) is 64.3 Å². The van der Waals surface area contributed by atoms with Crippen molar-refractivity contribution in [3.63, 3.8) is 0 Å². The van der Waals surface area contributed by atoms with Gasteiger partial charge in [-0.15, -0.1) is 11.8 Å². The lowest BCUT2D eigenvalue weighted by molar-refractivity contribution is -0.152. The zero-order chi connectivity index (χ0) is 94.3. The van der Waals surface area contributed by atoms with E-state index in [0.717, 1.165) is 43.7 Å². The first-order valence-electron chi connectivity index (χ1n) is 42.3. The number of carboxylic acids is 2. The van der Waals surface area contributed by atoms with Gasteiger partial charge in [0.15, 0.2) is 17.5 Å². The third-order valence-electron chi connectivity index (χ3n) is 22.3. The van der Waals surface area contributed by atoms with Crippen LogP contribution in [0.3, 0.4) is 0 Å². The molecule has 4 aromatic carbocycles. The summed E-state index contributed by atoms with van der Waals surface area (Å²) in [5.41, 5.74) is 18.0. The summed E-state index contributed by atoms with van der Waals surface area (Å²) in [7, 11) is 3.58. The van der Waals surface area contributed by atoms with E-state index in [2.05, 4.69) is 47.9 Å². The number of phenolic OH excluding ortho intramolecular Hbond substituents is 1. The molecule has 0 aliphatic carbocycles. The number of carbonyl (C=O) groups is 17. The summed E-state index contributed by atoms with van der Waals surface area (Å²) in [4.78, 5) is 252. The number of primary amides is 1. The fourth-order valence-corrected chi connectivity index (χ4v) is 16.1. The number of fused-ring (bicyclic) bond motifs is 2. The van der Waals surface area contributed by atoms with E-state index in [4.69, 9.17) is 17.2 Å². The minimum atomic E-state index is -1.97. The molecule has 0 radical (unpaired) electrons. The SMILES string of the molecule is CCCC[C@H]1C(=O)N2CCC[C@@H]2C(=O)N[C@@H](CC(=O)O)C(=O)N[C@H](C(C)C)C(=O)N(C)[C@@H](Cc2ccccc2)C(=O)N[C@@H](CCN)C(=O)N2CCCC[C@@H]2C(=O)N[C@H](CCC(=O)O)C(=O)N[C@H](Cc2ccc(O)cc2)C(=O)N[C@@H](CCCN)C(=O)N[C@H](C(=O)NCC(N)=O)CSCC(=O)N[C@@H](Cc2cc(F)c(F)c(F)c2)C(=O)N(C)[C@@H](Cc2ccc(F)cc2)C(=O)N1C. The van der Waals surface area contributed by atoms with Gasteiger partial charge in [-0.1, -0.05) is 88.2 Å². The fourth-order valence-electron chi connectivity index (χ4n) is 15.2. The Hall–Kier alpha value is -12.3. The Bertz CT molecular complexity index is 4600. The van der Waals surface area contributed by atoms with Gasteiger partial charge in [0.1, 0.15) is 90.1 Å². The van der Waals surface area contributed by atoms with E-state index in [-0.39, 0.29) is 101 Å². The number of likely N-dealkylation sites (N-methyl/N-ethyl adjacent to an activating group) is 3. The Balaban J connectivity index is 1.34. The summed E-state index contributed by atoms with van der Waals surface area (Å²) < 4.78 is 59.5. The third-order valence-corrected chi connectivity index (χ3v) is 23.4. The number of thioether (sulfide) groups is 1. The summed E-state index contributed by atoms with van der Waals surface area (Å²) in [6.07, 6.45) is -3.86. The summed E-state index contributed by atoms with van der Waals surface area (Å²) >= 11 is 0.606. The molecule has 37 nitrogen and oxygen atoms in total. The van der Waals surface area contributed by atoms with Crippen molar-refractivity contribution in [2.24, 2.45) is 23.1 Å². The lowest BCUT2D eigenvalue weighted by Gasteiger charge is -2.38. The monoisotopic (exact) mass is 1810 g/mol. The molecule has 3 saturated heterocycles. The van der Waals surface area contributed by atoms with Gasteiger partial charge in [0.2, 0.25) is 88.6 Å². The molecular weight excluding hydrogens is 1700 g/mol. The predicted molar refractivity (Wildman–Crippen MR) is 456 cm³/mol. The number of rotatable bonds is 25. The molecule has 42 heteroatoms. The number of hydrogen-bond acceptors (Lipinski definition) is 21. The second kappa shape index (κ2) is 49.7. The summed E-state index contributed by atoms with van der Waals surface area (Å²) in [5, 5.41) is 53.2. The molecule has 7 rings (SSSR count). The minimum absolute atomic E-state index is 0.0120. The molecule has 3 fully saturated rings. The average Bonchev–Trinajstić information content (AvgIpc) is 1.28. The number of benzene rings is 4. The van der Waals surface area contributed by atoms with Crippen molar-refractivity contribution in [1.29, 1.82) is 0 Å². The molecule has 3 heterocycles. The molecule has 128 heavy (non-hydrogen) atoms. The van der Waals surface area contributed by atoms with Crippen molar-refractivity contribution >= 4 is 112 Å². The average molecular weight is 1820 g/mol. The number of aromatic hydroxyl groups is 1. The van der Waals surface area contributed by atoms with Gasteiger partial charge in [-0.25, -0.2) is 17.6 Å². The number of amides is 15. The topological polar surface area (TPSA) is 553 Å². The number of nitrogens with zero attached hydrogens (tertiary/aromatic N) is 5.